The Kier molecular flexibility index (Phi) is 3.92. The molecule has 1 unspecified atom stereocenters. The van der Waals surface area contributed by atoms with Crippen LogP contribution in [-0.2, 0) is 0 Å². The predicted octanol–water partition coefficient (Wildman–Crippen LogP) is 3.28. The highest BCUT2D eigenvalue weighted by Crippen LogP contribution is 2.40. The molecule has 0 aromatic carbocycles. The maximum absolute atomic E-state index is 12.6. The molecule has 0 saturated heterocycles. The van der Waals surface area contributed by atoms with Gasteiger partial charge in [-0.2, -0.15) is 0 Å². The van der Waals surface area contributed by atoms with Gasteiger partial charge in [-0.05, 0) is 63.8 Å². The molecule has 2 aromatic rings. The minimum absolute atomic E-state index is 0.00109. The first kappa shape index (κ1) is 14.7. The van der Waals surface area contributed by atoms with Gasteiger partial charge in [0.2, 0.25) is 0 Å². The summed E-state index contributed by atoms with van der Waals surface area (Å²) in [5.74, 6) is 0.455. The van der Waals surface area contributed by atoms with Crippen LogP contribution in [0.1, 0.15) is 52.0 Å². The van der Waals surface area contributed by atoms with Crippen molar-refractivity contribution < 1.29 is 4.79 Å². The van der Waals surface area contributed by atoms with E-state index in [1.165, 1.54) is 0 Å². The molecule has 0 radical (unpaired) electrons. The molecule has 2 heterocycles. The Morgan fingerprint density at radius 3 is 2.36 bits per heavy atom. The average molecular weight is 295 g/mol. The van der Waals surface area contributed by atoms with Gasteiger partial charge in [-0.3, -0.25) is 14.8 Å². The van der Waals surface area contributed by atoms with Gasteiger partial charge in [0.05, 0.1) is 11.7 Å². The summed E-state index contributed by atoms with van der Waals surface area (Å²) in [5.41, 5.74) is 4.33. The summed E-state index contributed by atoms with van der Waals surface area (Å²) in [7, 11) is 0. The normalized spacial score (nSPS) is 15.4. The number of nitrogens with zero attached hydrogens (tertiary/aromatic N) is 2. The summed E-state index contributed by atoms with van der Waals surface area (Å²) in [4.78, 5) is 21.5. The first-order valence-electron chi connectivity index (χ1n) is 7.72. The van der Waals surface area contributed by atoms with Crippen molar-refractivity contribution in [1.82, 2.24) is 15.3 Å². The van der Waals surface area contributed by atoms with Crippen molar-refractivity contribution >= 4 is 5.91 Å². The van der Waals surface area contributed by atoms with E-state index < -0.39 is 0 Å². The van der Waals surface area contributed by atoms with Crippen LogP contribution in [0.3, 0.4) is 0 Å². The van der Waals surface area contributed by atoms with Gasteiger partial charge >= 0.3 is 0 Å². The van der Waals surface area contributed by atoms with E-state index in [2.05, 4.69) is 15.3 Å². The quantitative estimate of drug-likeness (QED) is 0.941. The second-order valence-corrected chi connectivity index (χ2v) is 6.13. The Bertz CT molecular complexity index is 687. The van der Waals surface area contributed by atoms with Gasteiger partial charge in [0.1, 0.15) is 0 Å². The van der Waals surface area contributed by atoms with Gasteiger partial charge in [0.15, 0.2) is 0 Å². The topological polar surface area (TPSA) is 54.9 Å². The van der Waals surface area contributed by atoms with E-state index in [0.717, 1.165) is 35.6 Å². The van der Waals surface area contributed by atoms with Crippen LogP contribution in [0.5, 0.6) is 0 Å². The molecule has 4 nitrogen and oxygen atoms in total. The minimum Gasteiger partial charge on any atom is -0.343 e. The molecule has 1 fully saturated rings. The molecule has 3 rings (SSSR count). The fourth-order valence-electron chi connectivity index (χ4n) is 2.79. The molecule has 1 amide bonds. The zero-order valence-electron chi connectivity index (χ0n) is 13.3. The van der Waals surface area contributed by atoms with Crippen molar-refractivity contribution in [2.75, 3.05) is 0 Å². The lowest BCUT2D eigenvalue weighted by atomic mass is 10.1. The lowest BCUT2D eigenvalue weighted by Crippen LogP contribution is -2.30. The van der Waals surface area contributed by atoms with Gasteiger partial charge in [-0.25, -0.2) is 0 Å². The van der Waals surface area contributed by atoms with Gasteiger partial charge in [-0.1, -0.05) is 6.07 Å². The van der Waals surface area contributed by atoms with Gasteiger partial charge < -0.3 is 5.32 Å². The molecular weight excluding hydrogens is 274 g/mol. The standard InChI is InChI=1S/C18H21N3O/c1-11-5-4-6-16(20-11)17(14-7-8-14)21-18(22)15-9-12(2)19-13(3)10-15/h4-6,9-10,14,17H,7-8H2,1-3H3,(H,21,22). The number of hydrogen-bond acceptors (Lipinski definition) is 3. The van der Waals surface area contributed by atoms with Crippen LogP contribution in [0.2, 0.25) is 0 Å². The van der Waals surface area contributed by atoms with Crippen LogP contribution in [-0.4, -0.2) is 15.9 Å². The summed E-state index contributed by atoms with van der Waals surface area (Å²) in [5, 5.41) is 3.16. The SMILES string of the molecule is Cc1cc(C(=O)NC(c2cccc(C)n2)C2CC2)cc(C)n1. The van der Waals surface area contributed by atoms with E-state index in [1.54, 1.807) is 0 Å². The van der Waals surface area contributed by atoms with E-state index in [4.69, 9.17) is 0 Å². The van der Waals surface area contributed by atoms with Crippen LogP contribution in [0.25, 0.3) is 0 Å². The molecule has 114 valence electrons. The molecule has 0 aliphatic heterocycles. The third-order valence-electron chi connectivity index (χ3n) is 3.95. The smallest absolute Gasteiger partial charge is 0.251 e. The first-order valence-corrected chi connectivity index (χ1v) is 7.72. The van der Waals surface area contributed by atoms with Gasteiger partial charge in [-0.15, -0.1) is 0 Å². The average Bonchev–Trinajstić information content (AvgIpc) is 3.28. The zero-order chi connectivity index (χ0) is 15.7. The maximum atomic E-state index is 12.6. The predicted molar refractivity (Wildman–Crippen MR) is 85.6 cm³/mol. The zero-order valence-corrected chi connectivity index (χ0v) is 13.3. The highest BCUT2D eigenvalue weighted by molar-refractivity contribution is 5.94. The number of rotatable bonds is 4. The number of carbonyl (C=O) groups excluding carboxylic acids is 1. The van der Waals surface area contributed by atoms with E-state index >= 15 is 0 Å². The number of aryl methyl sites for hydroxylation is 3. The lowest BCUT2D eigenvalue weighted by Gasteiger charge is -2.18. The fraction of sp³-hybridized carbons (Fsp3) is 0.389. The van der Waals surface area contributed by atoms with Gasteiger partial charge in [0, 0.05) is 22.6 Å². The Morgan fingerprint density at radius 1 is 1.09 bits per heavy atom. The number of aromatic nitrogens is 2. The Hall–Kier alpha value is -2.23. The number of carbonyl (C=O) groups is 1. The number of amides is 1. The second-order valence-electron chi connectivity index (χ2n) is 6.13. The van der Waals surface area contributed by atoms with Crippen LogP contribution in [0, 0.1) is 26.7 Å². The number of hydrogen-bond donors (Lipinski definition) is 1. The monoisotopic (exact) mass is 295 g/mol. The molecular formula is C18H21N3O. The number of nitrogens with one attached hydrogen (secondary N) is 1. The Morgan fingerprint density at radius 2 is 1.77 bits per heavy atom. The van der Waals surface area contributed by atoms with Gasteiger partial charge in [0.25, 0.3) is 5.91 Å². The fourth-order valence-corrected chi connectivity index (χ4v) is 2.79. The minimum atomic E-state index is -0.0474. The Labute approximate surface area is 131 Å². The van der Waals surface area contributed by atoms with Crippen molar-refractivity contribution in [1.29, 1.82) is 0 Å². The van der Waals surface area contributed by atoms with E-state index in [-0.39, 0.29) is 11.9 Å². The van der Waals surface area contributed by atoms with Crippen LogP contribution >= 0.6 is 0 Å². The van der Waals surface area contributed by atoms with Crippen LogP contribution < -0.4 is 5.32 Å². The molecule has 0 bridgehead atoms. The van der Waals surface area contributed by atoms with Crippen molar-refractivity contribution in [2.45, 2.75) is 39.7 Å². The third-order valence-corrected chi connectivity index (χ3v) is 3.95. The van der Waals surface area contributed by atoms with Crippen LogP contribution in [0.15, 0.2) is 30.3 Å². The highest BCUT2D eigenvalue weighted by atomic mass is 16.1. The lowest BCUT2D eigenvalue weighted by molar-refractivity contribution is 0.0930. The van der Waals surface area contributed by atoms with Crippen molar-refractivity contribution in [3.05, 3.63) is 58.7 Å². The molecule has 1 aliphatic rings. The summed E-state index contributed by atoms with van der Waals surface area (Å²) >= 11 is 0. The molecule has 4 heteroatoms. The second kappa shape index (κ2) is 5.87. The summed E-state index contributed by atoms with van der Waals surface area (Å²) < 4.78 is 0. The molecule has 1 aliphatic carbocycles. The maximum Gasteiger partial charge on any atom is 0.251 e. The molecule has 22 heavy (non-hydrogen) atoms. The Balaban J connectivity index is 1.83. The molecule has 2 aromatic heterocycles. The summed E-state index contributed by atoms with van der Waals surface area (Å²) in [6.07, 6.45) is 2.30. The molecule has 1 saturated carbocycles. The van der Waals surface area contributed by atoms with E-state index in [0.29, 0.717) is 11.5 Å². The summed E-state index contributed by atoms with van der Waals surface area (Å²) in [6.45, 7) is 5.79. The largest absolute Gasteiger partial charge is 0.343 e. The molecule has 1 N–H and O–H groups in total. The molecule has 0 spiro atoms. The van der Waals surface area contributed by atoms with Crippen LogP contribution in [0.4, 0.5) is 0 Å². The van der Waals surface area contributed by atoms with E-state index in [9.17, 15) is 4.79 Å². The third kappa shape index (κ3) is 3.32. The van der Waals surface area contributed by atoms with Crippen molar-refractivity contribution in [2.24, 2.45) is 5.92 Å². The first-order chi connectivity index (χ1) is 10.5. The summed E-state index contributed by atoms with van der Waals surface area (Å²) in [6, 6.07) is 9.64. The van der Waals surface area contributed by atoms with Crippen molar-refractivity contribution in [3.8, 4) is 0 Å². The highest BCUT2D eigenvalue weighted by Gasteiger charge is 2.34. The number of pyridine rings is 2. The van der Waals surface area contributed by atoms with E-state index in [1.807, 2.05) is 51.1 Å². The van der Waals surface area contributed by atoms with Crippen molar-refractivity contribution in [3.63, 3.8) is 0 Å². The molecule has 1 atom stereocenters.